The highest BCUT2D eigenvalue weighted by Gasteiger charge is 2.68. The lowest BCUT2D eigenvalue weighted by atomic mass is 9.46. The van der Waals surface area contributed by atoms with E-state index in [0.717, 1.165) is 18.4 Å². The maximum absolute atomic E-state index is 12.8. The summed E-state index contributed by atoms with van der Waals surface area (Å²) in [5, 5.41) is 22.6. The number of carbonyl (C=O) groups is 2. The topological polar surface area (TPSA) is 141 Å². The minimum absolute atomic E-state index is 0.0284. The van der Waals surface area contributed by atoms with E-state index < -0.39 is 42.7 Å². The minimum atomic E-state index is -4.84. The molecule has 0 aromatic carbocycles. The van der Waals surface area contributed by atoms with Crippen LogP contribution in [0.3, 0.4) is 0 Å². The summed E-state index contributed by atoms with van der Waals surface area (Å²) in [5.74, 6) is -0.888. The molecule has 0 saturated heterocycles. The first kappa shape index (κ1) is 22.1. The van der Waals surface area contributed by atoms with Crippen molar-refractivity contribution in [3.05, 3.63) is 23.8 Å². The lowest BCUT2D eigenvalue weighted by molar-refractivity contribution is -0.178. The lowest BCUT2D eigenvalue weighted by Crippen LogP contribution is -2.61. The third kappa shape index (κ3) is 3.12. The third-order valence-corrected chi connectivity index (χ3v) is 8.94. The van der Waals surface area contributed by atoms with Crippen LogP contribution >= 0.6 is 7.82 Å². The van der Waals surface area contributed by atoms with Gasteiger partial charge in [-0.3, -0.25) is 14.1 Å². The summed E-state index contributed by atoms with van der Waals surface area (Å²) in [6, 6.07) is 0. The fraction of sp³-hybridized carbons (Fsp3) is 0.714. The van der Waals surface area contributed by atoms with Gasteiger partial charge in [-0.1, -0.05) is 25.5 Å². The number of ketones is 2. The number of hydrogen-bond acceptors (Lipinski definition) is 6. The Bertz CT molecular complexity index is 889. The Morgan fingerprint density at radius 3 is 2.67 bits per heavy atom. The van der Waals surface area contributed by atoms with Crippen molar-refractivity contribution in [2.45, 2.75) is 57.7 Å². The highest BCUT2D eigenvalue weighted by Crippen LogP contribution is 2.67. The zero-order valence-electron chi connectivity index (χ0n) is 17.2. The molecule has 0 aromatic rings. The molecule has 30 heavy (non-hydrogen) atoms. The first-order valence-electron chi connectivity index (χ1n) is 10.4. The maximum atomic E-state index is 12.8. The van der Waals surface area contributed by atoms with Gasteiger partial charge in [-0.25, -0.2) is 4.57 Å². The molecule has 0 aromatic heterocycles. The Hall–Kier alpha value is -1.15. The van der Waals surface area contributed by atoms with Crippen LogP contribution < -0.4 is 0 Å². The number of carbonyl (C=O) groups excluding carboxylic acids is 2. The van der Waals surface area contributed by atoms with Gasteiger partial charge in [0.2, 0.25) is 0 Å². The fourth-order valence-electron chi connectivity index (χ4n) is 7.05. The smallest absolute Gasteiger partial charge is 0.393 e. The highest BCUT2D eigenvalue weighted by molar-refractivity contribution is 7.46. The molecule has 0 radical (unpaired) electrons. The SMILES string of the molecule is C[C@]12C=CC(=O)C=C1CC[C@@H]1C2[C@@H](O)C[C@@]2(C)[C@H]1CC[C@]2(O)C(=O)COP(=O)(O)O. The van der Waals surface area contributed by atoms with Crippen molar-refractivity contribution >= 4 is 19.4 Å². The lowest BCUT2D eigenvalue weighted by Gasteiger charge is -2.59. The van der Waals surface area contributed by atoms with Crippen molar-refractivity contribution < 1.29 is 38.7 Å². The number of allylic oxidation sites excluding steroid dienone is 4. The monoisotopic (exact) mass is 440 g/mol. The maximum Gasteiger partial charge on any atom is 0.470 e. The van der Waals surface area contributed by atoms with Crippen molar-refractivity contribution in [2.24, 2.45) is 28.6 Å². The van der Waals surface area contributed by atoms with Crippen molar-refractivity contribution in [3.8, 4) is 0 Å². The summed E-state index contributed by atoms with van der Waals surface area (Å²) in [4.78, 5) is 42.5. The van der Waals surface area contributed by atoms with Gasteiger partial charge in [0, 0.05) is 16.7 Å². The van der Waals surface area contributed by atoms with Gasteiger partial charge < -0.3 is 20.0 Å². The molecule has 1 unspecified atom stereocenters. The Morgan fingerprint density at radius 2 is 2.00 bits per heavy atom. The second-order valence-electron chi connectivity index (χ2n) is 9.80. The number of fused-ring (bicyclic) bond motifs is 5. The molecule has 8 nitrogen and oxygen atoms in total. The second kappa shape index (κ2) is 6.92. The molecular weight excluding hydrogens is 411 g/mol. The van der Waals surface area contributed by atoms with Crippen molar-refractivity contribution in [1.82, 2.24) is 0 Å². The Labute approximate surface area is 175 Å². The first-order chi connectivity index (χ1) is 13.8. The molecule has 3 saturated carbocycles. The van der Waals surface area contributed by atoms with Crippen molar-refractivity contribution in [2.75, 3.05) is 6.61 Å². The average molecular weight is 440 g/mol. The average Bonchev–Trinajstić information content (AvgIpc) is 2.91. The molecule has 4 rings (SSSR count). The van der Waals surface area contributed by atoms with Gasteiger partial charge in [0.05, 0.1) is 6.10 Å². The largest absolute Gasteiger partial charge is 0.470 e. The van der Waals surface area contributed by atoms with E-state index in [2.05, 4.69) is 4.52 Å². The molecule has 4 aliphatic rings. The first-order valence-corrected chi connectivity index (χ1v) is 11.9. The van der Waals surface area contributed by atoms with E-state index in [1.54, 1.807) is 19.1 Å². The molecule has 0 heterocycles. The van der Waals surface area contributed by atoms with Crippen LogP contribution in [0.1, 0.15) is 46.0 Å². The number of aliphatic hydroxyl groups is 2. The molecular formula is C21H29O8P. The van der Waals surface area contributed by atoms with E-state index in [1.165, 1.54) is 0 Å². The molecule has 4 N–H and O–H groups in total. The Balaban J connectivity index is 1.65. The molecule has 0 amide bonds. The number of hydrogen-bond donors (Lipinski definition) is 4. The van der Waals surface area contributed by atoms with Crippen LogP contribution in [0.15, 0.2) is 23.8 Å². The zero-order valence-corrected chi connectivity index (χ0v) is 18.0. The van der Waals surface area contributed by atoms with Crippen LogP contribution in [-0.4, -0.2) is 49.9 Å². The van der Waals surface area contributed by atoms with Gasteiger partial charge in [-0.15, -0.1) is 0 Å². The third-order valence-electron chi connectivity index (χ3n) is 8.47. The molecule has 7 atom stereocenters. The van der Waals surface area contributed by atoms with Gasteiger partial charge in [0.15, 0.2) is 11.6 Å². The van der Waals surface area contributed by atoms with Crippen LogP contribution in [0.25, 0.3) is 0 Å². The van der Waals surface area contributed by atoms with Crippen LogP contribution in [0.4, 0.5) is 0 Å². The minimum Gasteiger partial charge on any atom is -0.393 e. The summed E-state index contributed by atoms with van der Waals surface area (Å²) < 4.78 is 15.4. The Morgan fingerprint density at radius 1 is 1.30 bits per heavy atom. The van der Waals surface area contributed by atoms with E-state index in [9.17, 15) is 24.4 Å². The number of aliphatic hydroxyl groups excluding tert-OH is 1. The second-order valence-corrected chi connectivity index (χ2v) is 11.0. The quantitative estimate of drug-likeness (QED) is 0.484. The summed E-state index contributed by atoms with van der Waals surface area (Å²) in [6.07, 6.45) is 6.76. The van der Waals surface area contributed by atoms with Crippen molar-refractivity contribution in [1.29, 1.82) is 0 Å². The van der Waals surface area contributed by atoms with Crippen LogP contribution in [0.2, 0.25) is 0 Å². The molecule has 0 bridgehead atoms. The van der Waals surface area contributed by atoms with E-state index in [-0.39, 0.29) is 36.4 Å². The van der Waals surface area contributed by atoms with E-state index in [1.807, 2.05) is 13.0 Å². The predicted octanol–water partition coefficient (Wildman–Crippen LogP) is 1.67. The summed E-state index contributed by atoms with van der Waals surface area (Å²) in [5.41, 5.74) is -2.15. The van der Waals surface area contributed by atoms with Crippen molar-refractivity contribution in [3.63, 3.8) is 0 Å². The summed E-state index contributed by atoms with van der Waals surface area (Å²) >= 11 is 0. The summed E-state index contributed by atoms with van der Waals surface area (Å²) in [6.45, 7) is 2.97. The van der Waals surface area contributed by atoms with Gasteiger partial charge in [-0.2, -0.15) is 0 Å². The number of Topliss-reactive ketones (excluding diaryl/α,β-unsaturated/α-hetero) is 1. The van der Waals surface area contributed by atoms with Gasteiger partial charge in [0.25, 0.3) is 0 Å². The van der Waals surface area contributed by atoms with Crippen LogP contribution in [0.5, 0.6) is 0 Å². The fourth-order valence-corrected chi connectivity index (χ4v) is 7.34. The van der Waals surface area contributed by atoms with Crippen LogP contribution in [-0.2, 0) is 18.7 Å². The van der Waals surface area contributed by atoms with Gasteiger partial charge in [0.1, 0.15) is 12.2 Å². The van der Waals surface area contributed by atoms with E-state index in [0.29, 0.717) is 6.42 Å². The molecule has 166 valence electrons. The summed E-state index contributed by atoms with van der Waals surface area (Å²) in [7, 11) is -4.84. The number of rotatable bonds is 4. The van der Waals surface area contributed by atoms with E-state index in [4.69, 9.17) is 9.79 Å². The molecule has 0 aliphatic heterocycles. The van der Waals surface area contributed by atoms with E-state index >= 15 is 0 Å². The normalized spacial score (nSPS) is 45.4. The highest BCUT2D eigenvalue weighted by atomic mass is 31.2. The zero-order chi connectivity index (χ0) is 22.1. The molecule has 4 aliphatic carbocycles. The molecule has 0 spiro atoms. The molecule has 3 fully saturated rings. The van der Waals surface area contributed by atoms with Gasteiger partial charge >= 0.3 is 7.82 Å². The van der Waals surface area contributed by atoms with Crippen LogP contribution in [0, 0.1) is 28.6 Å². The predicted molar refractivity (Wildman–Crippen MR) is 106 cm³/mol. The standard InChI is InChI=1S/C21H29O8P/c1-19-7-5-13(22)9-12(19)3-4-14-15-6-8-21(25,17(24)11-29-30(26,27)28)20(15,2)10-16(23)18(14)19/h5,7,9,14-16,18,23,25H,3-4,6,8,10-11H2,1-2H3,(H2,26,27,28)/t14-,15-,16-,18?,19-,20-,21-/m0/s1. The molecule has 9 heteroatoms. The number of phosphoric acid groups is 1. The Kier molecular flexibility index (Phi) is 5.09. The number of phosphoric ester groups is 1. The van der Waals surface area contributed by atoms with Gasteiger partial charge in [-0.05, 0) is 56.1 Å².